The highest BCUT2D eigenvalue weighted by Crippen LogP contribution is 2.26. The van der Waals surface area contributed by atoms with Crippen LogP contribution in [0.4, 0.5) is 4.39 Å². The maximum Gasteiger partial charge on any atom is 0.125 e. The van der Waals surface area contributed by atoms with E-state index in [1.54, 1.807) is 6.07 Å². The first-order chi connectivity index (χ1) is 7.97. The van der Waals surface area contributed by atoms with Gasteiger partial charge >= 0.3 is 0 Å². The first-order valence-electron chi connectivity index (χ1n) is 5.26. The van der Waals surface area contributed by atoms with Crippen molar-refractivity contribution in [1.29, 1.82) is 0 Å². The molecule has 0 aliphatic rings. The van der Waals surface area contributed by atoms with Crippen molar-refractivity contribution in [2.24, 2.45) is 5.73 Å². The molecule has 0 spiro atoms. The van der Waals surface area contributed by atoms with Gasteiger partial charge in [-0.25, -0.2) is 4.39 Å². The van der Waals surface area contributed by atoms with E-state index in [0.29, 0.717) is 15.8 Å². The third-order valence-corrected chi connectivity index (χ3v) is 3.19. The van der Waals surface area contributed by atoms with Gasteiger partial charge in [0.25, 0.3) is 0 Å². The lowest BCUT2D eigenvalue weighted by Crippen LogP contribution is -2.11. The molecule has 2 N–H and O–H groups in total. The van der Waals surface area contributed by atoms with Gasteiger partial charge in [-0.2, -0.15) is 0 Å². The molecule has 0 aliphatic heterocycles. The zero-order valence-electron chi connectivity index (χ0n) is 9.63. The monoisotopic (exact) mass is 297 g/mol. The predicted molar refractivity (Wildman–Crippen MR) is 68.3 cm³/mol. The van der Waals surface area contributed by atoms with Crippen molar-refractivity contribution in [3.8, 4) is 0 Å². The van der Waals surface area contributed by atoms with Gasteiger partial charge in [0.05, 0.1) is 6.04 Å². The highest BCUT2D eigenvalue weighted by Gasteiger charge is 2.15. The zero-order valence-corrected chi connectivity index (χ0v) is 11.2. The van der Waals surface area contributed by atoms with Crippen LogP contribution in [0.5, 0.6) is 0 Å². The number of benzene rings is 1. The molecule has 0 saturated heterocycles. The summed E-state index contributed by atoms with van der Waals surface area (Å²) in [6, 6.07) is 6.05. The van der Waals surface area contributed by atoms with Crippen LogP contribution in [-0.2, 0) is 0 Å². The summed E-state index contributed by atoms with van der Waals surface area (Å²) < 4.78 is 19.5. The van der Waals surface area contributed by atoms with Crippen molar-refractivity contribution in [3.05, 3.63) is 57.2 Å². The number of furan rings is 1. The second-order valence-electron chi connectivity index (χ2n) is 4.07. The molecule has 0 radical (unpaired) electrons. The van der Waals surface area contributed by atoms with Gasteiger partial charge in [-0.3, -0.25) is 0 Å². The highest BCUT2D eigenvalue weighted by molar-refractivity contribution is 9.10. The van der Waals surface area contributed by atoms with Crippen LogP contribution >= 0.6 is 15.9 Å². The number of hydrogen-bond donors (Lipinski definition) is 1. The lowest BCUT2D eigenvalue weighted by molar-refractivity contribution is 0.464. The standard InChI is InChI=1S/C13H13BrFNO/c1-7-3-12(17-8(7)2)13(16)9-4-10(14)6-11(15)5-9/h3-6,13H,16H2,1-2H3. The second kappa shape index (κ2) is 4.63. The van der Waals surface area contributed by atoms with Crippen LogP contribution in [0.2, 0.25) is 0 Å². The van der Waals surface area contributed by atoms with Gasteiger partial charge in [0.2, 0.25) is 0 Å². The van der Waals surface area contributed by atoms with Crippen LogP contribution in [0.25, 0.3) is 0 Å². The average molecular weight is 298 g/mol. The van der Waals surface area contributed by atoms with Crippen molar-refractivity contribution >= 4 is 15.9 Å². The van der Waals surface area contributed by atoms with Crippen LogP contribution in [0.3, 0.4) is 0 Å². The number of halogens is 2. The molecule has 4 heteroatoms. The lowest BCUT2D eigenvalue weighted by atomic mass is 10.1. The Morgan fingerprint density at radius 2 is 1.94 bits per heavy atom. The summed E-state index contributed by atoms with van der Waals surface area (Å²) in [5.41, 5.74) is 7.79. The van der Waals surface area contributed by atoms with E-state index in [0.717, 1.165) is 11.3 Å². The van der Waals surface area contributed by atoms with Crippen molar-refractivity contribution in [3.63, 3.8) is 0 Å². The summed E-state index contributed by atoms with van der Waals surface area (Å²) in [4.78, 5) is 0. The molecule has 17 heavy (non-hydrogen) atoms. The molecule has 0 bridgehead atoms. The molecule has 1 aromatic carbocycles. The van der Waals surface area contributed by atoms with Crippen molar-refractivity contribution in [1.82, 2.24) is 0 Å². The van der Waals surface area contributed by atoms with Gasteiger partial charge in [-0.1, -0.05) is 15.9 Å². The van der Waals surface area contributed by atoms with Gasteiger partial charge in [-0.05, 0) is 49.2 Å². The molecule has 2 rings (SSSR count). The quantitative estimate of drug-likeness (QED) is 0.914. The Kier molecular flexibility index (Phi) is 3.35. The Bertz CT molecular complexity index is 511. The van der Waals surface area contributed by atoms with Gasteiger partial charge in [0.1, 0.15) is 17.3 Å². The third-order valence-electron chi connectivity index (χ3n) is 2.74. The van der Waals surface area contributed by atoms with Gasteiger partial charge in [-0.15, -0.1) is 0 Å². The smallest absolute Gasteiger partial charge is 0.125 e. The number of hydrogen-bond acceptors (Lipinski definition) is 2. The van der Waals surface area contributed by atoms with Crippen molar-refractivity contribution in [2.45, 2.75) is 19.9 Å². The first-order valence-corrected chi connectivity index (χ1v) is 6.05. The summed E-state index contributed by atoms with van der Waals surface area (Å²) in [6.45, 7) is 3.84. The third kappa shape index (κ3) is 2.58. The molecule has 0 amide bonds. The first kappa shape index (κ1) is 12.3. The largest absolute Gasteiger partial charge is 0.464 e. The van der Waals surface area contributed by atoms with Gasteiger partial charge in [0.15, 0.2) is 0 Å². The summed E-state index contributed by atoms with van der Waals surface area (Å²) in [7, 11) is 0. The van der Waals surface area contributed by atoms with E-state index in [4.69, 9.17) is 10.2 Å². The normalized spacial score (nSPS) is 12.8. The fraction of sp³-hybridized carbons (Fsp3) is 0.231. The Hall–Kier alpha value is -1.13. The minimum absolute atomic E-state index is 0.315. The summed E-state index contributed by atoms with van der Waals surface area (Å²) >= 11 is 3.25. The van der Waals surface area contributed by atoms with E-state index in [-0.39, 0.29) is 5.82 Å². The number of nitrogens with two attached hydrogens (primary N) is 1. The van der Waals surface area contributed by atoms with E-state index in [1.807, 2.05) is 19.9 Å². The van der Waals surface area contributed by atoms with E-state index >= 15 is 0 Å². The average Bonchev–Trinajstić information content (AvgIpc) is 2.57. The molecule has 2 aromatic rings. The Balaban J connectivity index is 2.39. The molecule has 0 fully saturated rings. The topological polar surface area (TPSA) is 39.2 Å². The fourth-order valence-electron chi connectivity index (χ4n) is 1.67. The molecule has 1 unspecified atom stereocenters. The highest BCUT2D eigenvalue weighted by atomic mass is 79.9. The van der Waals surface area contributed by atoms with Crippen LogP contribution in [0, 0.1) is 19.7 Å². The predicted octanol–water partition coefficient (Wildman–Crippen LogP) is 3.85. The maximum atomic E-state index is 13.3. The maximum absolute atomic E-state index is 13.3. The second-order valence-corrected chi connectivity index (χ2v) is 4.98. The molecular formula is C13H13BrFNO. The number of aryl methyl sites for hydroxylation is 2. The van der Waals surface area contributed by atoms with Crippen molar-refractivity contribution in [2.75, 3.05) is 0 Å². The van der Waals surface area contributed by atoms with E-state index in [2.05, 4.69) is 15.9 Å². The van der Waals surface area contributed by atoms with Crippen LogP contribution in [0.15, 0.2) is 33.2 Å². The van der Waals surface area contributed by atoms with E-state index in [1.165, 1.54) is 12.1 Å². The Morgan fingerprint density at radius 1 is 1.24 bits per heavy atom. The molecular weight excluding hydrogens is 285 g/mol. The Morgan fingerprint density at radius 3 is 2.47 bits per heavy atom. The molecule has 1 heterocycles. The molecule has 1 aromatic heterocycles. The van der Waals surface area contributed by atoms with E-state index in [9.17, 15) is 4.39 Å². The molecule has 2 nitrogen and oxygen atoms in total. The van der Waals surface area contributed by atoms with E-state index < -0.39 is 6.04 Å². The summed E-state index contributed by atoms with van der Waals surface area (Å²) in [6.07, 6.45) is 0. The minimum atomic E-state index is -0.450. The van der Waals surface area contributed by atoms with Crippen LogP contribution < -0.4 is 5.73 Å². The van der Waals surface area contributed by atoms with Gasteiger partial charge < -0.3 is 10.2 Å². The summed E-state index contributed by atoms with van der Waals surface area (Å²) in [5, 5.41) is 0. The fourth-order valence-corrected chi connectivity index (χ4v) is 2.16. The number of rotatable bonds is 2. The molecule has 0 saturated carbocycles. The Labute approximate surface area is 108 Å². The van der Waals surface area contributed by atoms with Crippen molar-refractivity contribution < 1.29 is 8.81 Å². The minimum Gasteiger partial charge on any atom is -0.464 e. The molecule has 90 valence electrons. The van der Waals surface area contributed by atoms with Gasteiger partial charge in [0, 0.05) is 4.47 Å². The summed E-state index contributed by atoms with van der Waals surface area (Å²) in [5.74, 6) is 1.17. The lowest BCUT2D eigenvalue weighted by Gasteiger charge is -2.09. The van der Waals surface area contributed by atoms with Crippen LogP contribution in [0.1, 0.15) is 28.7 Å². The molecule has 1 atom stereocenters. The molecule has 0 aliphatic carbocycles. The zero-order chi connectivity index (χ0) is 12.6. The van der Waals surface area contributed by atoms with Crippen LogP contribution in [-0.4, -0.2) is 0 Å². The SMILES string of the molecule is Cc1cc(C(N)c2cc(F)cc(Br)c2)oc1C.